The van der Waals surface area contributed by atoms with Gasteiger partial charge in [0.1, 0.15) is 5.69 Å². The van der Waals surface area contributed by atoms with Gasteiger partial charge in [-0.15, -0.1) is 5.10 Å². The van der Waals surface area contributed by atoms with Gasteiger partial charge in [-0.3, -0.25) is 0 Å². The lowest BCUT2D eigenvalue weighted by Gasteiger charge is -2.20. The molecule has 1 N–H and O–H groups in total. The Morgan fingerprint density at radius 1 is 1.15 bits per heavy atom. The average Bonchev–Trinajstić information content (AvgIpc) is 2.81. The molecule has 0 amide bonds. The lowest BCUT2D eigenvalue weighted by molar-refractivity contribution is 0.415. The van der Waals surface area contributed by atoms with E-state index in [2.05, 4.69) is 15.6 Å². The van der Waals surface area contributed by atoms with Crippen molar-refractivity contribution in [3.05, 3.63) is 41.5 Å². The van der Waals surface area contributed by atoms with Gasteiger partial charge in [-0.25, -0.2) is 17.9 Å². The second-order valence-corrected chi connectivity index (χ2v) is 5.44. The van der Waals surface area contributed by atoms with Gasteiger partial charge in [-0.2, -0.15) is 0 Å². The van der Waals surface area contributed by atoms with Crippen LogP contribution in [-0.2, 0) is 6.54 Å². The number of hydrogen-bond acceptors (Lipinski definition) is 3. The van der Waals surface area contributed by atoms with Crippen LogP contribution in [0, 0.1) is 17.5 Å². The van der Waals surface area contributed by atoms with Crippen LogP contribution in [0.4, 0.5) is 13.2 Å². The van der Waals surface area contributed by atoms with Gasteiger partial charge in [0.05, 0.1) is 11.9 Å². The molecule has 0 aliphatic rings. The molecule has 0 aliphatic heterocycles. The third kappa shape index (κ3) is 2.98. The molecular weight excluding hydrogens is 269 g/mol. The monoisotopic (exact) mass is 284 g/mol. The van der Waals surface area contributed by atoms with Gasteiger partial charge < -0.3 is 5.32 Å². The molecule has 108 valence electrons. The highest BCUT2D eigenvalue weighted by molar-refractivity contribution is 5.35. The Bertz CT molecular complexity index is 617. The quantitative estimate of drug-likeness (QED) is 0.881. The lowest BCUT2D eigenvalue weighted by atomic mass is 10.1. The van der Waals surface area contributed by atoms with Crippen LogP contribution >= 0.6 is 0 Å². The minimum Gasteiger partial charge on any atom is -0.306 e. The number of halogens is 3. The molecule has 4 nitrogen and oxygen atoms in total. The van der Waals surface area contributed by atoms with Crippen LogP contribution in [-0.4, -0.2) is 20.5 Å². The molecule has 0 spiro atoms. The summed E-state index contributed by atoms with van der Waals surface area (Å²) in [4.78, 5) is 0. The van der Waals surface area contributed by atoms with E-state index in [0.717, 1.165) is 16.8 Å². The summed E-state index contributed by atoms with van der Waals surface area (Å²) in [5.74, 6) is -4.04. The zero-order valence-corrected chi connectivity index (χ0v) is 11.4. The number of nitrogens with one attached hydrogen (secondary N) is 1. The van der Waals surface area contributed by atoms with Crippen molar-refractivity contribution in [1.29, 1.82) is 0 Å². The number of hydrogen-bond donors (Lipinski definition) is 1. The van der Waals surface area contributed by atoms with Crippen LogP contribution in [0.1, 0.15) is 26.5 Å². The van der Waals surface area contributed by atoms with E-state index >= 15 is 0 Å². The van der Waals surface area contributed by atoms with Gasteiger partial charge in [0.2, 0.25) is 0 Å². The number of nitrogens with zero attached hydrogens (tertiary/aromatic N) is 3. The highest BCUT2D eigenvalue weighted by Crippen LogP contribution is 2.19. The van der Waals surface area contributed by atoms with E-state index in [1.807, 2.05) is 20.8 Å². The molecule has 20 heavy (non-hydrogen) atoms. The van der Waals surface area contributed by atoms with Gasteiger partial charge in [0.15, 0.2) is 17.5 Å². The molecule has 0 aliphatic carbocycles. The van der Waals surface area contributed by atoms with E-state index in [-0.39, 0.29) is 11.2 Å². The molecule has 1 heterocycles. The zero-order chi connectivity index (χ0) is 14.9. The van der Waals surface area contributed by atoms with E-state index in [1.54, 1.807) is 0 Å². The van der Waals surface area contributed by atoms with E-state index in [4.69, 9.17) is 0 Å². The molecule has 0 saturated heterocycles. The Balaban J connectivity index is 2.35. The van der Waals surface area contributed by atoms with E-state index in [0.29, 0.717) is 12.2 Å². The second kappa shape index (κ2) is 5.24. The van der Waals surface area contributed by atoms with Crippen molar-refractivity contribution >= 4 is 0 Å². The largest absolute Gasteiger partial charge is 0.306 e. The molecule has 0 unspecified atom stereocenters. The maximum absolute atomic E-state index is 13.8. The summed E-state index contributed by atoms with van der Waals surface area (Å²) >= 11 is 0. The molecular formula is C13H15F3N4. The predicted octanol–water partition coefficient (Wildman–Crippen LogP) is 2.57. The molecule has 0 bridgehead atoms. The Kier molecular flexibility index (Phi) is 3.80. The van der Waals surface area contributed by atoms with Crippen molar-refractivity contribution in [2.24, 2.45) is 0 Å². The number of benzene rings is 1. The molecule has 1 aromatic heterocycles. The first-order chi connectivity index (χ1) is 9.29. The van der Waals surface area contributed by atoms with Crippen LogP contribution in [0.15, 0.2) is 18.3 Å². The van der Waals surface area contributed by atoms with Crippen molar-refractivity contribution < 1.29 is 13.2 Å². The van der Waals surface area contributed by atoms with E-state index in [1.165, 1.54) is 6.20 Å². The first kappa shape index (κ1) is 14.5. The molecule has 2 rings (SSSR count). The van der Waals surface area contributed by atoms with Gasteiger partial charge >= 0.3 is 0 Å². The maximum atomic E-state index is 13.8. The first-order valence-electron chi connectivity index (χ1n) is 6.08. The fourth-order valence-corrected chi connectivity index (χ4v) is 1.61. The van der Waals surface area contributed by atoms with Crippen LogP contribution in [0.3, 0.4) is 0 Å². The highest BCUT2D eigenvalue weighted by atomic mass is 19.2. The van der Waals surface area contributed by atoms with Gasteiger partial charge in [-0.05, 0) is 32.9 Å². The number of rotatable bonds is 3. The molecule has 1 aromatic carbocycles. The van der Waals surface area contributed by atoms with Crippen LogP contribution in [0.25, 0.3) is 5.69 Å². The fourth-order valence-electron chi connectivity index (χ4n) is 1.61. The molecule has 0 saturated carbocycles. The smallest absolute Gasteiger partial charge is 0.196 e. The van der Waals surface area contributed by atoms with Crippen LogP contribution in [0.2, 0.25) is 0 Å². The first-order valence-corrected chi connectivity index (χ1v) is 6.08. The topological polar surface area (TPSA) is 42.7 Å². The van der Waals surface area contributed by atoms with Gasteiger partial charge in [-0.1, -0.05) is 5.21 Å². The third-order valence-corrected chi connectivity index (χ3v) is 2.66. The molecule has 2 aromatic rings. The Morgan fingerprint density at radius 2 is 1.85 bits per heavy atom. The Hall–Kier alpha value is -1.89. The highest BCUT2D eigenvalue weighted by Gasteiger charge is 2.18. The van der Waals surface area contributed by atoms with Crippen molar-refractivity contribution in [2.75, 3.05) is 0 Å². The predicted molar refractivity (Wildman–Crippen MR) is 67.8 cm³/mol. The van der Waals surface area contributed by atoms with E-state index < -0.39 is 17.5 Å². The summed E-state index contributed by atoms with van der Waals surface area (Å²) in [7, 11) is 0. The van der Waals surface area contributed by atoms with Crippen LogP contribution in [0.5, 0.6) is 0 Å². The fraction of sp³-hybridized carbons (Fsp3) is 0.385. The zero-order valence-electron chi connectivity index (χ0n) is 11.4. The summed E-state index contributed by atoms with van der Waals surface area (Å²) in [5, 5.41) is 10.6. The summed E-state index contributed by atoms with van der Waals surface area (Å²) < 4.78 is 41.1. The molecule has 7 heteroatoms. The number of aromatic nitrogens is 3. The van der Waals surface area contributed by atoms with Gasteiger partial charge in [0.25, 0.3) is 0 Å². The second-order valence-electron chi connectivity index (χ2n) is 5.44. The van der Waals surface area contributed by atoms with E-state index in [9.17, 15) is 13.2 Å². The van der Waals surface area contributed by atoms with Gasteiger partial charge in [0, 0.05) is 12.1 Å². The van der Waals surface area contributed by atoms with Crippen molar-refractivity contribution in [1.82, 2.24) is 20.3 Å². The lowest BCUT2D eigenvalue weighted by Crippen LogP contribution is -2.35. The van der Waals surface area contributed by atoms with Crippen molar-refractivity contribution in [3.63, 3.8) is 0 Å². The summed E-state index contributed by atoms with van der Waals surface area (Å²) in [6.45, 7) is 6.28. The molecule has 0 fully saturated rings. The SMILES string of the molecule is CC(C)(C)NCc1cnnn1-c1ccc(F)c(F)c1F. The van der Waals surface area contributed by atoms with Crippen LogP contribution < -0.4 is 5.32 Å². The standard InChI is InChI=1S/C13H15F3N4/c1-13(2,3)17-6-8-7-18-19-20(8)10-5-4-9(14)11(15)12(10)16/h4-5,7,17H,6H2,1-3H3. The molecule has 0 atom stereocenters. The maximum Gasteiger partial charge on any atom is 0.196 e. The average molecular weight is 284 g/mol. The summed E-state index contributed by atoms with van der Waals surface area (Å²) in [6, 6.07) is 1.99. The molecule has 0 radical (unpaired) electrons. The summed E-state index contributed by atoms with van der Waals surface area (Å²) in [6.07, 6.45) is 1.44. The van der Waals surface area contributed by atoms with Crippen molar-refractivity contribution in [2.45, 2.75) is 32.9 Å². The third-order valence-electron chi connectivity index (χ3n) is 2.66. The normalized spacial score (nSPS) is 11.9. The minimum atomic E-state index is -1.52. The Labute approximate surface area is 114 Å². The summed E-state index contributed by atoms with van der Waals surface area (Å²) in [5.41, 5.74) is 0.221. The van der Waals surface area contributed by atoms with Crippen molar-refractivity contribution in [3.8, 4) is 5.69 Å². The Morgan fingerprint density at radius 3 is 2.50 bits per heavy atom. The minimum absolute atomic E-state index is 0.151.